The maximum atomic E-state index is 13.3. The minimum atomic E-state index is -0.254. The number of aromatic nitrogens is 1. The Morgan fingerprint density at radius 1 is 1.12 bits per heavy atom. The number of thioether (sulfide) groups is 1. The Hall–Kier alpha value is -3.35. The highest BCUT2D eigenvalue weighted by Crippen LogP contribution is 2.32. The SMILES string of the molecule is Cc1ccc(N=C2NC(=O)/C(=C/c3cn(Cc4ccc(F)cc4)c4ccccc34)S2)cc1Cl. The molecule has 3 aromatic carbocycles. The first-order valence-electron chi connectivity index (χ1n) is 10.3. The monoisotopic (exact) mass is 475 g/mol. The normalized spacial score (nSPS) is 16.2. The van der Waals surface area contributed by atoms with E-state index < -0.39 is 0 Å². The average molecular weight is 476 g/mol. The van der Waals surface area contributed by atoms with E-state index in [9.17, 15) is 9.18 Å². The first-order valence-corrected chi connectivity index (χ1v) is 11.5. The number of rotatable bonds is 4. The van der Waals surface area contributed by atoms with Crippen LogP contribution in [-0.2, 0) is 11.3 Å². The second-order valence-electron chi connectivity index (χ2n) is 7.77. The Balaban J connectivity index is 1.46. The highest BCUT2D eigenvalue weighted by atomic mass is 35.5. The number of nitrogens with zero attached hydrogens (tertiary/aromatic N) is 2. The lowest BCUT2D eigenvalue weighted by atomic mass is 10.1. The van der Waals surface area contributed by atoms with Crippen LogP contribution < -0.4 is 5.32 Å². The van der Waals surface area contributed by atoms with Crippen molar-refractivity contribution in [3.63, 3.8) is 0 Å². The van der Waals surface area contributed by atoms with Gasteiger partial charge in [-0.3, -0.25) is 4.79 Å². The van der Waals surface area contributed by atoms with Crippen LogP contribution in [0.2, 0.25) is 5.02 Å². The average Bonchev–Trinajstić information content (AvgIpc) is 3.32. The van der Waals surface area contributed by atoms with Crippen molar-refractivity contribution in [1.82, 2.24) is 9.88 Å². The fraction of sp³-hybridized carbons (Fsp3) is 0.0769. The van der Waals surface area contributed by atoms with Gasteiger partial charge in [-0.05, 0) is 66.2 Å². The Labute approximate surface area is 199 Å². The number of amidine groups is 1. The third-order valence-corrected chi connectivity index (χ3v) is 6.73. The summed E-state index contributed by atoms with van der Waals surface area (Å²) in [6.45, 7) is 2.53. The first kappa shape index (κ1) is 21.5. The molecular weight excluding hydrogens is 457 g/mol. The zero-order valence-corrected chi connectivity index (χ0v) is 19.3. The number of hydrogen-bond donors (Lipinski definition) is 1. The minimum absolute atomic E-state index is 0.188. The van der Waals surface area contributed by atoms with E-state index in [1.54, 1.807) is 18.2 Å². The van der Waals surface area contributed by atoms with Crippen LogP contribution in [-0.4, -0.2) is 15.6 Å². The van der Waals surface area contributed by atoms with Crippen molar-refractivity contribution < 1.29 is 9.18 Å². The second kappa shape index (κ2) is 8.89. The molecule has 2 heterocycles. The summed E-state index contributed by atoms with van der Waals surface area (Å²) in [4.78, 5) is 17.7. The van der Waals surface area contributed by atoms with Crippen molar-refractivity contribution in [2.75, 3.05) is 0 Å². The summed E-state index contributed by atoms with van der Waals surface area (Å²) < 4.78 is 15.4. The largest absolute Gasteiger partial charge is 0.342 e. The summed E-state index contributed by atoms with van der Waals surface area (Å²) in [6.07, 6.45) is 3.90. The highest BCUT2D eigenvalue weighted by Gasteiger charge is 2.24. The molecule has 33 heavy (non-hydrogen) atoms. The van der Waals surface area contributed by atoms with E-state index in [1.807, 2.05) is 55.6 Å². The molecule has 1 aliphatic heterocycles. The highest BCUT2D eigenvalue weighted by molar-refractivity contribution is 8.18. The van der Waals surface area contributed by atoms with Crippen LogP contribution in [0.25, 0.3) is 17.0 Å². The van der Waals surface area contributed by atoms with Crippen molar-refractivity contribution in [3.05, 3.63) is 105 Å². The van der Waals surface area contributed by atoms with Crippen LogP contribution in [0.15, 0.2) is 82.8 Å². The van der Waals surface area contributed by atoms with Gasteiger partial charge in [-0.25, -0.2) is 9.38 Å². The molecule has 0 atom stereocenters. The van der Waals surface area contributed by atoms with Gasteiger partial charge in [0.05, 0.1) is 10.6 Å². The maximum Gasteiger partial charge on any atom is 0.264 e. The molecule has 1 aliphatic rings. The van der Waals surface area contributed by atoms with Crippen molar-refractivity contribution in [2.24, 2.45) is 4.99 Å². The van der Waals surface area contributed by atoms with Crippen LogP contribution in [0.1, 0.15) is 16.7 Å². The number of fused-ring (bicyclic) bond motifs is 1. The van der Waals surface area contributed by atoms with Gasteiger partial charge in [0.15, 0.2) is 5.17 Å². The summed E-state index contributed by atoms with van der Waals surface area (Å²) in [5.41, 5.74) is 4.63. The molecule has 0 spiro atoms. The summed E-state index contributed by atoms with van der Waals surface area (Å²) >= 11 is 7.49. The van der Waals surface area contributed by atoms with Gasteiger partial charge in [0.25, 0.3) is 5.91 Å². The lowest BCUT2D eigenvalue weighted by molar-refractivity contribution is -0.115. The van der Waals surface area contributed by atoms with Gasteiger partial charge < -0.3 is 9.88 Å². The number of nitrogens with one attached hydrogen (secondary N) is 1. The van der Waals surface area contributed by atoms with E-state index in [2.05, 4.69) is 14.9 Å². The quantitative estimate of drug-likeness (QED) is 0.334. The molecule has 0 radical (unpaired) electrons. The van der Waals surface area contributed by atoms with E-state index in [-0.39, 0.29) is 11.7 Å². The predicted octanol–water partition coefficient (Wildman–Crippen LogP) is 6.68. The van der Waals surface area contributed by atoms with Gasteiger partial charge in [0, 0.05) is 34.2 Å². The molecule has 1 N–H and O–H groups in total. The molecule has 0 bridgehead atoms. The number of aryl methyl sites for hydroxylation is 1. The minimum Gasteiger partial charge on any atom is -0.342 e. The summed E-state index contributed by atoms with van der Waals surface area (Å²) in [5, 5.41) is 5.02. The number of amides is 1. The molecule has 5 rings (SSSR count). The molecular formula is C26H19ClFN3OS. The second-order valence-corrected chi connectivity index (χ2v) is 9.21. The van der Waals surface area contributed by atoms with Gasteiger partial charge in [-0.1, -0.05) is 48.0 Å². The standard InChI is InChI=1S/C26H19ClFN3OS/c1-16-6-11-20(13-22(16)27)29-26-30-25(32)24(33-26)12-18-15-31(23-5-3-2-4-21(18)23)14-17-7-9-19(28)10-8-17/h2-13,15H,14H2,1H3,(H,29,30,32)/b24-12-. The van der Waals surface area contributed by atoms with E-state index in [4.69, 9.17) is 11.6 Å². The number of carbonyl (C=O) groups is 1. The molecule has 0 unspecified atom stereocenters. The van der Waals surface area contributed by atoms with Crippen molar-refractivity contribution in [2.45, 2.75) is 13.5 Å². The fourth-order valence-electron chi connectivity index (χ4n) is 3.70. The fourth-order valence-corrected chi connectivity index (χ4v) is 4.71. The molecule has 4 nitrogen and oxygen atoms in total. The van der Waals surface area contributed by atoms with Gasteiger partial charge in [0.2, 0.25) is 0 Å². The maximum absolute atomic E-state index is 13.3. The van der Waals surface area contributed by atoms with Crippen LogP contribution >= 0.6 is 23.4 Å². The van der Waals surface area contributed by atoms with E-state index in [1.165, 1.54) is 23.9 Å². The van der Waals surface area contributed by atoms with Crippen molar-refractivity contribution in [3.8, 4) is 0 Å². The van der Waals surface area contributed by atoms with Gasteiger partial charge in [0.1, 0.15) is 5.82 Å². The molecule has 0 aliphatic carbocycles. The Kier molecular flexibility index (Phi) is 5.79. The zero-order chi connectivity index (χ0) is 22.9. The Morgan fingerprint density at radius 3 is 2.70 bits per heavy atom. The van der Waals surface area contributed by atoms with E-state index in [0.29, 0.717) is 27.3 Å². The lowest BCUT2D eigenvalue weighted by Gasteiger charge is -2.05. The van der Waals surface area contributed by atoms with Crippen LogP contribution in [0, 0.1) is 12.7 Å². The predicted molar refractivity (Wildman–Crippen MR) is 134 cm³/mol. The van der Waals surface area contributed by atoms with Crippen LogP contribution in [0.4, 0.5) is 10.1 Å². The Bertz CT molecular complexity index is 1440. The van der Waals surface area contributed by atoms with Gasteiger partial charge in [-0.2, -0.15) is 0 Å². The number of benzene rings is 3. The molecule has 7 heteroatoms. The molecule has 1 saturated heterocycles. The molecule has 1 amide bonds. The van der Waals surface area contributed by atoms with Crippen LogP contribution in [0.3, 0.4) is 0 Å². The first-order chi connectivity index (χ1) is 16.0. The number of para-hydroxylation sites is 1. The molecule has 1 aromatic heterocycles. The summed E-state index contributed by atoms with van der Waals surface area (Å²) in [5.74, 6) is -0.441. The van der Waals surface area contributed by atoms with Crippen LogP contribution in [0.5, 0.6) is 0 Å². The number of hydrogen-bond acceptors (Lipinski definition) is 3. The lowest BCUT2D eigenvalue weighted by Crippen LogP contribution is -2.19. The topological polar surface area (TPSA) is 46.4 Å². The summed E-state index contributed by atoms with van der Waals surface area (Å²) in [6, 6.07) is 20.1. The van der Waals surface area contributed by atoms with Gasteiger partial charge >= 0.3 is 0 Å². The molecule has 1 fully saturated rings. The third kappa shape index (κ3) is 4.58. The van der Waals surface area contributed by atoms with Crippen molar-refractivity contribution >= 4 is 57.1 Å². The van der Waals surface area contributed by atoms with Gasteiger partial charge in [-0.15, -0.1) is 0 Å². The third-order valence-electron chi connectivity index (χ3n) is 5.41. The Morgan fingerprint density at radius 2 is 1.91 bits per heavy atom. The smallest absolute Gasteiger partial charge is 0.264 e. The zero-order valence-electron chi connectivity index (χ0n) is 17.7. The molecule has 164 valence electrons. The number of carbonyl (C=O) groups excluding carboxylic acids is 1. The van der Waals surface area contributed by atoms with Crippen molar-refractivity contribution in [1.29, 1.82) is 0 Å². The molecule has 4 aromatic rings. The summed E-state index contributed by atoms with van der Waals surface area (Å²) in [7, 11) is 0. The van der Waals surface area contributed by atoms with E-state index >= 15 is 0 Å². The van der Waals surface area contributed by atoms with E-state index in [0.717, 1.165) is 27.6 Å². The number of halogens is 2. The molecule has 0 saturated carbocycles. The number of aliphatic imine (C=N–C) groups is 1.